The van der Waals surface area contributed by atoms with Gasteiger partial charge in [-0.15, -0.1) is 0 Å². The van der Waals surface area contributed by atoms with Crippen LogP contribution in [0.15, 0.2) is 40.1 Å². The molecule has 0 amide bonds. The third-order valence-corrected chi connectivity index (χ3v) is 4.12. The van der Waals surface area contributed by atoms with E-state index in [4.69, 9.17) is 10.5 Å². The van der Waals surface area contributed by atoms with Gasteiger partial charge in [-0.2, -0.15) is 0 Å². The number of nitrogens with zero attached hydrogens (tertiary/aromatic N) is 2. The van der Waals surface area contributed by atoms with Gasteiger partial charge in [0.1, 0.15) is 15.2 Å². The fraction of sp³-hybridized carbons (Fsp3) is 0.0909. The average Bonchev–Trinajstić information content (AvgIpc) is 2.41. The summed E-state index contributed by atoms with van der Waals surface area (Å²) in [5, 5.41) is 0. The molecule has 2 rings (SSSR count). The highest BCUT2D eigenvalue weighted by atomic mass is 79.9. The summed E-state index contributed by atoms with van der Waals surface area (Å²) >= 11 is 3.11. The highest BCUT2D eigenvalue weighted by Gasteiger charge is 2.20. The van der Waals surface area contributed by atoms with E-state index in [0.29, 0.717) is 10.3 Å². The molecule has 0 aliphatic heterocycles. The highest BCUT2D eigenvalue weighted by Crippen LogP contribution is 2.27. The fourth-order valence-electron chi connectivity index (χ4n) is 1.46. The molecule has 1 heterocycles. The first-order valence-electron chi connectivity index (χ1n) is 5.36. The van der Waals surface area contributed by atoms with Crippen molar-refractivity contribution in [1.82, 2.24) is 9.97 Å². The summed E-state index contributed by atoms with van der Waals surface area (Å²) in [5.74, 6) is 0.287. The van der Waals surface area contributed by atoms with Gasteiger partial charge in [0.15, 0.2) is 5.82 Å². The lowest BCUT2D eigenvalue weighted by Crippen LogP contribution is -2.15. The van der Waals surface area contributed by atoms with Crippen molar-refractivity contribution < 1.29 is 13.2 Å². The molecule has 0 saturated heterocycles. The molecule has 20 heavy (non-hydrogen) atoms. The minimum Gasteiger partial charge on any atom is -0.495 e. The Labute approximate surface area is 124 Å². The lowest BCUT2D eigenvalue weighted by atomic mass is 10.3. The highest BCUT2D eigenvalue weighted by molar-refractivity contribution is 9.10. The number of methoxy groups -OCH3 is 1. The van der Waals surface area contributed by atoms with E-state index < -0.39 is 10.0 Å². The zero-order chi connectivity index (χ0) is 14.8. The SMILES string of the molecule is COc1ccc(N)cc1S(=O)(=O)Nc1cnc(Br)cn1. The molecular formula is C11H11BrN4O3S. The van der Waals surface area contributed by atoms with Crippen molar-refractivity contribution in [3.05, 3.63) is 35.2 Å². The van der Waals surface area contributed by atoms with E-state index in [1.807, 2.05) is 0 Å². The zero-order valence-corrected chi connectivity index (χ0v) is 12.8. The summed E-state index contributed by atoms with van der Waals surface area (Å²) in [7, 11) is -2.49. The summed E-state index contributed by atoms with van der Waals surface area (Å²) in [6.45, 7) is 0. The molecule has 0 radical (unpaired) electrons. The van der Waals surface area contributed by atoms with Crippen LogP contribution in [0.3, 0.4) is 0 Å². The van der Waals surface area contributed by atoms with Crippen LogP contribution in [-0.2, 0) is 10.0 Å². The second kappa shape index (κ2) is 5.63. The van der Waals surface area contributed by atoms with Crippen molar-refractivity contribution in [2.75, 3.05) is 17.6 Å². The van der Waals surface area contributed by atoms with Crippen LogP contribution in [0.5, 0.6) is 5.75 Å². The number of anilines is 2. The van der Waals surface area contributed by atoms with Crippen molar-refractivity contribution in [2.24, 2.45) is 0 Å². The van der Waals surface area contributed by atoms with E-state index >= 15 is 0 Å². The molecule has 7 nitrogen and oxygen atoms in total. The third-order valence-electron chi connectivity index (χ3n) is 2.34. The van der Waals surface area contributed by atoms with E-state index in [-0.39, 0.29) is 16.5 Å². The smallest absolute Gasteiger partial charge is 0.266 e. The molecular weight excluding hydrogens is 348 g/mol. The predicted octanol–water partition coefficient (Wildman–Crippen LogP) is 1.63. The first kappa shape index (κ1) is 14.5. The Hall–Kier alpha value is -1.87. The molecule has 9 heteroatoms. The maximum atomic E-state index is 12.3. The van der Waals surface area contributed by atoms with E-state index in [1.54, 1.807) is 6.07 Å². The Kier molecular flexibility index (Phi) is 4.09. The minimum absolute atomic E-state index is 0.0651. The monoisotopic (exact) mass is 358 g/mol. The maximum absolute atomic E-state index is 12.3. The van der Waals surface area contributed by atoms with Crippen LogP contribution in [0.25, 0.3) is 0 Å². The second-order valence-electron chi connectivity index (χ2n) is 3.74. The van der Waals surface area contributed by atoms with Crippen LogP contribution in [0.4, 0.5) is 11.5 Å². The van der Waals surface area contributed by atoms with Crippen molar-refractivity contribution >= 4 is 37.5 Å². The quantitative estimate of drug-likeness (QED) is 0.804. The minimum atomic E-state index is -3.86. The van der Waals surface area contributed by atoms with Crippen LogP contribution in [-0.4, -0.2) is 25.5 Å². The number of ether oxygens (including phenoxy) is 1. The summed E-state index contributed by atoms with van der Waals surface area (Å²) in [5.41, 5.74) is 5.92. The number of rotatable bonds is 4. The number of aromatic nitrogens is 2. The molecule has 0 atom stereocenters. The summed E-state index contributed by atoms with van der Waals surface area (Å²) < 4.78 is 32.4. The first-order valence-corrected chi connectivity index (χ1v) is 7.64. The average molecular weight is 359 g/mol. The zero-order valence-electron chi connectivity index (χ0n) is 10.4. The van der Waals surface area contributed by atoms with E-state index in [9.17, 15) is 8.42 Å². The van der Waals surface area contributed by atoms with Crippen LogP contribution >= 0.6 is 15.9 Å². The third kappa shape index (κ3) is 3.17. The number of hydrogen-bond donors (Lipinski definition) is 2. The van der Waals surface area contributed by atoms with Gasteiger partial charge in [0, 0.05) is 5.69 Å². The van der Waals surface area contributed by atoms with Crippen LogP contribution < -0.4 is 15.2 Å². The number of nitrogens with two attached hydrogens (primary N) is 1. The van der Waals surface area contributed by atoms with Gasteiger partial charge in [-0.1, -0.05) is 0 Å². The number of hydrogen-bond acceptors (Lipinski definition) is 6. The Morgan fingerprint density at radius 2 is 2.05 bits per heavy atom. The van der Waals surface area contributed by atoms with E-state index in [0.717, 1.165) is 0 Å². The van der Waals surface area contributed by atoms with Crippen molar-refractivity contribution in [1.29, 1.82) is 0 Å². The van der Waals surface area contributed by atoms with Gasteiger partial charge in [0.05, 0.1) is 19.5 Å². The lowest BCUT2D eigenvalue weighted by molar-refractivity contribution is 0.403. The summed E-state index contributed by atoms with van der Waals surface area (Å²) in [6, 6.07) is 4.35. The predicted molar refractivity (Wildman–Crippen MR) is 77.9 cm³/mol. The molecule has 1 aromatic heterocycles. The molecule has 106 valence electrons. The van der Waals surface area contributed by atoms with Crippen LogP contribution in [0.2, 0.25) is 0 Å². The van der Waals surface area contributed by atoms with Crippen molar-refractivity contribution in [3.63, 3.8) is 0 Å². The molecule has 0 unspecified atom stereocenters. The Bertz CT molecular complexity index is 719. The molecule has 0 spiro atoms. The van der Waals surface area contributed by atoms with Gasteiger partial charge in [-0.3, -0.25) is 4.72 Å². The van der Waals surface area contributed by atoms with Gasteiger partial charge in [-0.05, 0) is 34.1 Å². The van der Waals surface area contributed by atoms with Gasteiger partial charge >= 0.3 is 0 Å². The van der Waals surface area contributed by atoms with Crippen molar-refractivity contribution in [2.45, 2.75) is 4.90 Å². The standard InChI is InChI=1S/C11H11BrN4O3S/c1-19-8-3-2-7(13)4-9(8)20(17,18)16-11-6-14-10(12)5-15-11/h2-6H,13H2,1H3,(H,15,16). The summed E-state index contributed by atoms with van der Waals surface area (Å²) in [6.07, 6.45) is 2.68. The van der Waals surface area contributed by atoms with E-state index in [2.05, 4.69) is 30.6 Å². The van der Waals surface area contributed by atoms with Gasteiger partial charge in [-0.25, -0.2) is 18.4 Å². The molecule has 3 N–H and O–H groups in total. The maximum Gasteiger partial charge on any atom is 0.266 e. The number of nitrogen functional groups attached to an aromatic ring is 1. The largest absolute Gasteiger partial charge is 0.495 e. The molecule has 0 fully saturated rings. The Morgan fingerprint density at radius 3 is 2.65 bits per heavy atom. The molecule has 0 aliphatic carbocycles. The Balaban J connectivity index is 2.40. The topological polar surface area (TPSA) is 107 Å². The molecule has 2 aromatic rings. The number of halogens is 1. The Morgan fingerprint density at radius 1 is 1.30 bits per heavy atom. The van der Waals surface area contributed by atoms with Crippen LogP contribution in [0, 0.1) is 0 Å². The fourth-order valence-corrected chi connectivity index (χ4v) is 2.86. The number of benzene rings is 1. The lowest BCUT2D eigenvalue weighted by Gasteiger charge is -2.11. The van der Waals surface area contributed by atoms with Gasteiger partial charge in [0.2, 0.25) is 0 Å². The molecule has 0 bridgehead atoms. The second-order valence-corrected chi connectivity index (χ2v) is 6.20. The van der Waals surface area contributed by atoms with Crippen LogP contribution in [0.1, 0.15) is 0 Å². The van der Waals surface area contributed by atoms with E-state index in [1.165, 1.54) is 31.6 Å². The number of sulfonamides is 1. The normalized spacial score (nSPS) is 11.1. The number of nitrogens with one attached hydrogen (secondary N) is 1. The first-order chi connectivity index (χ1) is 9.42. The summed E-state index contributed by atoms with van der Waals surface area (Å²) in [4.78, 5) is 7.72. The van der Waals surface area contributed by atoms with Crippen molar-refractivity contribution in [3.8, 4) is 5.75 Å². The van der Waals surface area contributed by atoms with Gasteiger partial charge < -0.3 is 10.5 Å². The molecule has 1 aromatic carbocycles. The van der Waals surface area contributed by atoms with Gasteiger partial charge in [0.25, 0.3) is 10.0 Å². The molecule has 0 saturated carbocycles. The molecule has 0 aliphatic rings.